The number of benzene rings is 2. The fourth-order valence-electron chi connectivity index (χ4n) is 4.64. The van der Waals surface area contributed by atoms with Gasteiger partial charge in [-0.3, -0.25) is 4.79 Å². The van der Waals surface area contributed by atoms with E-state index in [4.69, 9.17) is 18.9 Å². The van der Waals surface area contributed by atoms with E-state index < -0.39 is 0 Å². The lowest BCUT2D eigenvalue weighted by Crippen LogP contribution is -2.11. The second kappa shape index (κ2) is 12.9. The quantitative estimate of drug-likeness (QED) is 0.199. The molecule has 0 radical (unpaired) electrons. The highest BCUT2D eigenvalue weighted by atomic mass is 32.2. The summed E-state index contributed by atoms with van der Waals surface area (Å²) >= 11 is 1.84. The third-order valence-corrected chi connectivity index (χ3v) is 7.04. The Morgan fingerprint density at radius 1 is 1.14 bits per heavy atom. The van der Waals surface area contributed by atoms with Gasteiger partial charge < -0.3 is 18.9 Å². The van der Waals surface area contributed by atoms with Gasteiger partial charge in [-0.15, -0.1) is 0 Å². The number of aryl methyl sites for hydroxylation is 2. The molecule has 37 heavy (non-hydrogen) atoms. The van der Waals surface area contributed by atoms with Crippen molar-refractivity contribution in [1.29, 1.82) is 0 Å². The summed E-state index contributed by atoms with van der Waals surface area (Å²) in [6.07, 6.45) is 5.20. The number of ether oxygens (including phenoxy) is 4. The smallest absolute Gasteiger partial charge is 0.306 e. The van der Waals surface area contributed by atoms with Crippen molar-refractivity contribution < 1.29 is 23.7 Å². The average Bonchev–Trinajstić information content (AvgIpc) is 3.27. The molecule has 2 heterocycles. The van der Waals surface area contributed by atoms with Crippen molar-refractivity contribution in [2.45, 2.75) is 46.1 Å². The molecular weight excluding hydrogens is 486 g/mol. The van der Waals surface area contributed by atoms with Crippen LogP contribution in [0.15, 0.2) is 48.7 Å². The number of aromatic nitrogens is 1. The first-order chi connectivity index (χ1) is 18.0. The molecule has 0 amide bonds. The van der Waals surface area contributed by atoms with Gasteiger partial charge in [0.15, 0.2) is 0 Å². The fraction of sp³-hybridized carbons (Fsp3) is 0.400. The Morgan fingerprint density at radius 3 is 2.70 bits per heavy atom. The van der Waals surface area contributed by atoms with Crippen LogP contribution in [0.3, 0.4) is 0 Å². The van der Waals surface area contributed by atoms with Gasteiger partial charge in [0, 0.05) is 23.7 Å². The highest BCUT2D eigenvalue weighted by molar-refractivity contribution is 7.98. The molecule has 1 aliphatic rings. The first-order valence-electron chi connectivity index (χ1n) is 12.7. The van der Waals surface area contributed by atoms with E-state index in [2.05, 4.69) is 61.5 Å². The average molecular weight is 522 g/mol. The Morgan fingerprint density at radius 2 is 1.95 bits per heavy atom. The molecule has 1 aromatic heterocycles. The molecule has 6 nitrogen and oxygen atoms in total. The Kier molecular flexibility index (Phi) is 9.34. The number of thioether (sulfide) groups is 1. The maximum atomic E-state index is 11.9. The second-order valence-corrected chi connectivity index (χ2v) is 10.2. The van der Waals surface area contributed by atoms with Gasteiger partial charge in [-0.1, -0.05) is 18.2 Å². The maximum Gasteiger partial charge on any atom is 0.306 e. The Balaban J connectivity index is 1.41. The standard InChI is InChI=1S/C30H35NO5S/c1-5-33-29(32)15-24-19-35-27-16-28(31-17-26(24)27)36-18-22-8-6-9-23(14-22)30-20(2)12-25(13-21(30)3)34-10-7-11-37-4/h6,8-9,12-14,16-17,24H,5,7,10-11,15,18-19H2,1-4H3/t24-/m1/s1. The van der Waals surface area contributed by atoms with Crippen LogP contribution in [0.2, 0.25) is 0 Å². The van der Waals surface area contributed by atoms with Crippen LogP contribution < -0.4 is 14.2 Å². The van der Waals surface area contributed by atoms with E-state index >= 15 is 0 Å². The molecule has 1 atom stereocenters. The van der Waals surface area contributed by atoms with Crippen molar-refractivity contribution in [2.75, 3.05) is 31.8 Å². The Hall–Kier alpha value is -3.19. The molecule has 0 saturated heterocycles. The van der Waals surface area contributed by atoms with Crippen molar-refractivity contribution in [3.63, 3.8) is 0 Å². The van der Waals surface area contributed by atoms with E-state index in [1.807, 2.05) is 11.8 Å². The lowest BCUT2D eigenvalue weighted by atomic mass is 9.94. The summed E-state index contributed by atoms with van der Waals surface area (Å²) in [4.78, 5) is 16.3. The highest BCUT2D eigenvalue weighted by Gasteiger charge is 2.28. The minimum Gasteiger partial charge on any atom is -0.494 e. The van der Waals surface area contributed by atoms with E-state index in [1.54, 1.807) is 19.2 Å². The van der Waals surface area contributed by atoms with Crippen molar-refractivity contribution in [1.82, 2.24) is 4.98 Å². The molecule has 0 aliphatic carbocycles. The molecule has 4 rings (SSSR count). The zero-order chi connectivity index (χ0) is 26.2. The lowest BCUT2D eigenvalue weighted by molar-refractivity contribution is -0.143. The maximum absolute atomic E-state index is 11.9. The predicted octanol–water partition coefficient (Wildman–Crippen LogP) is 6.51. The van der Waals surface area contributed by atoms with Crippen molar-refractivity contribution in [3.05, 3.63) is 70.9 Å². The summed E-state index contributed by atoms with van der Waals surface area (Å²) in [6.45, 7) is 8.01. The number of nitrogens with zero attached hydrogens (tertiary/aromatic N) is 1. The molecule has 2 aromatic carbocycles. The third-order valence-electron chi connectivity index (χ3n) is 6.34. The van der Waals surface area contributed by atoms with Gasteiger partial charge in [-0.2, -0.15) is 11.8 Å². The van der Waals surface area contributed by atoms with Gasteiger partial charge >= 0.3 is 5.97 Å². The van der Waals surface area contributed by atoms with Crippen LogP contribution >= 0.6 is 11.8 Å². The van der Waals surface area contributed by atoms with Crippen LogP contribution in [-0.4, -0.2) is 42.8 Å². The molecule has 3 aromatic rings. The molecule has 0 unspecified atom stereocenters. The molecule has 1 aliphatic heterocycles. The van der Waals surface area contributed by atoms with Crippen molar-refractivity contribution in [2.24, 2.45) is 0 Å². The van der Waals surface area contributed by atoms with E-state index in [1.165, 1.54) is 16.7 Å². The van der Waals surface area contributed by atoms with E-state index in [-0.39, 0.29) is 11.9 Å². The normalized spacial score (nSPS) is 14.1. The summed E-state index contributed by atoms with van der Waals surface area (Å²) in [5.41, 5.74) is 6.72. The fourth-order valence-corrected chi connectivity index (χ4v) is 5.05. The van der Waals surface area contributed by atoms with E-state index in [9.17, 15) is 4.79 Å². The number of carbonyl (C=O) groups excluding carboxylic acids is 1. The summed E-state index contributed by atoms with van der Waals surface area (Å²) in [7, 11) is 0. The summed E-state index contributed by atoms with van der Waals surface area (Å²) in [5, 5.41) is 0. The van der Waals surface area contributed by atoms with E-state index in [0.717, 1.165) is 47.0 Å². The molecule has 7 heteroatoms. The zero-order valence-electron chi connectivity index (χ0n) is 22.0. The largest absolute Gasteiger partial charge is 0.494 e. The number of esters is 1. The topological polar surface area (TPSA) is 66.9 Å². The van der Waals surface area contributed by atoms with Crippen LogP contribution in [-0.2, 0) is 16.1 Å². The van der Waals surface area contributed by atoms with Gasteiger partial charge in [0.1, 0.15) is 18.1 Å². The van der Waals surface area contributed by atoms with Crippen molar-refractivity contribution >= 4 is 17.7 Å². The summed E-state index contributed by atoms with van der Waals surface area (Å²) in [6, 6.07) is 14.4. The van der Waals surface area contributed by atoms with Gasteiger partial charge in [0.25, 0.3) is 0 Å². The number of hydrogen-bond donors (Lipinski definition) is 0. The lowest BCUT2D eigenvalue weighted by Gasteiger charge is -2.15. The zero-order valence-corrected chi connectivity index (χ0v) is 22.9. The van der Waals surface area contributed by atoms with Crippen molar-refractivity contribution in [3.8, 4) is 28.5 Å². The minimum absolute atomic E-state index is 0.0362. The molecule has 196 valence electrons. The summed E-state index contributed by atoms with van der Waals surface area (Å²) in [5.74, 6) is 2.99. The molecular formula is C30H35NO5S. The minimum atomic E-state index is -0.219. The van der Waals surface area contributed by atoms with Crippen LogP contribution in [0.4, 0.5) is 0 Å². The Bertz CT molecular complexity index is 1210. The first kappa shape index (κ1) is 26.9. The van der Waals surface area contributed by atoms with Gasteiger partial charge in [-0.05, 0) is 85.2 Å². The summed E-state index contributed by atoms with van der Waals surface area (Å²) < 4.78 is 22.8. The highest BCUT2D eigenvalue weighted by Crippen LogP contribution is 2.37. The second-order valence-electron chi connectivity index (χ2n) is 9.19. The number of fused-ring (bicyclic) bond motifs is 1. The number of pyridine rings is 1. The SMILES string of the molecule is CCOC(=O)C[C@@H]1COc2cc(OCc3cccc(-c4c(C)cc(OCCCSC)cc4C)c3)ncc21. The van der Waals surface area contributed by atoms with Crippen LogP contribution in [0.5, 0.6) is 17.4 Å². The number of carbonyl (C=O) groups is 1. The number of rotatable bonds is 12. The number of hydrogen-bond acceptors (Lipinski definition) is 7. The first-order valence-corrected chi connectivity index (χ1v) is 14.1. The van der Waals surface area contributed by atoms with Gasteiger partial charge in [-0.25, -0.2) is 4.98 Å². The molecule has 0 spiro atoms. The van der Waals surface area contributed by atoms with E-state index in [0.29, 0.717) is 32.1 Å². The van der Waals surface area contributed by atoms with Crippen LogP contribution in [0, 0.1) is 13.8 Å². The molecule has 0 bridgehead atoms. The van der Waals surface area contributed by atoms with Gasteiger partial charge in [0.2, 0.25) is 5.88 Å². The molecule has 0 fully saturated rings. The van der Waals surface area contributed by atoms with Crippen LogP contribution in [0.1, 0.15) is 47.9 Å². The Labute approximate surface area is 223 Å². The predicted molar refractivity (Wildman–Crippen MR) is 148 cm³/mol. The van der Waals surface area contributed by atoms with Gasteiger partial charge in [0.05, 0.1) is 26.2 Å². The third kappa shape index (κ3) is 6.98. The molecule has 0 saturated carbocycles. The monoisotopic (exact) mass is 521 g/mol. The molecule has 0 N–H and O–H groups in total. The van der Waals surface area contributed by atoms with Crippen LogP contribution in [0.25, 0.3) is 11.1 Å².